The maximum Gasteiger partial charge on any atom is 0.328 e. The van der Waals surface area contributed by atoms with Crippen molar-refractivity contribution in [3.05, 3.63) is 11.6 Å². The van der Waals surface area contributed by atoms with Crippen LogP contribution < -0.4 is 0 Å². The van der Waals surface area contributed by atoms with E-state index in [4.69, 9.17) is 5.11 Å². The quantitative estimate of drug-likeness (QED) is 0.711. The molecule has 4 atom stereocenters. The molecule has 4 heteroatoms. The van der Waals surface area contributed by atoms with Crippen LogP contribution >= 0.6 is 0 Å². The molecule has 0 radical (unpaired) electrons. The number of carboxylic acids is 2. The summed E-state index contributed by atoms with van der Waals surface area (Å²) >= 11 is 0. The van der Waals surface area contributed by atoms with E-state index in [2.05, 4.69) is 20.8 Å². The summed E-state index contributed by atoms with van der Waals surface area (Å²) in [5.41, 5.74) is 1.14. The van der Waals surface area contributed by atoms with Crippen molar-refractivity contribution < 1.29 is 19.8 Å². The fourth-order valence-electron chi connectivity index (χ4n) is 5.83. The largest absolute Gasteiger partial charge is 0.481 e. The molecule has 2 rings (SSSR count). The molecule has 2 aliphatic carbocycles. The molecular weight excluding hydrogens is 304 g/mol. The summed E-state index contributed by atoms with van der Waals surface area (Å²) in [5.74, 6) is -1.21. The number of aliphatic carboxylic acids is 2. The Morgan fingerprint density at radius 1 is 1.12 bits per heavy atom. The summed E-state index contributed by atoms with van der Waals surface area (Å²) < 4.78 is 0. The number of allylic oxidation sites excluding steroid dienone is 1. The van der Waals surface area contributed by atoms with E-state index in [1.165, 1.54) is 12.5 Å². The fraction of sp³-hybridized carbons (Fsp3) is 0.800. The summed E-state index contributed by atoms with van der Waals surface area (Å²) in [6.07, 6.45) is 7.92. The lowest BCUT2D eigenvalue weighted by atomic mass is 9.46. The average Bonchev–Trinajstić information content (AvgIpc) is 2.43. The highest BCUT2D eigenvalue weighted by atomic mass is 16.4. The van der Waals surface area contributed by atoms with Gasteiger partial charge >= 0.3 is 11.9 Å². The van der Waals surface area contributed by atoms with Crippen LogP contribution in [0.1, 0.15) is 72.6 Å². The van der Waals surface area contributed by atoms with Gasteiger partial charge in [0.1, 0.15) is 0 Å². The minimum atomic E-state index is -0.922. The van der Waals surface area contributed by atoms with Gasteiger partial charge in [-0.2, -0.15) is 0 Å². The first-order chi connectivity index (χ1) is 11.1. The van der Waals surface area contributed by atoms with Gasteiger partial charge in [0, 0.05) is 6.08 Å². The number of fused-ring (bicyclic) bond motifs is 1. The molecule has 136 valence electrons. The van der Waals surface area contributed by atoms with E-state index in [1.807, 2.05) is 6.92 Å². The zero-order valence-corrected chi connectivity index (χ0v) is 15.5. The van der Waals surface area contributed by atoms with E-state index >= 15 is 0 Å². The maximum atomic E-state index is 11.9. The first-order valence-electron chi connectivity index (χ1n) is 9.21. The van der Waals surface area contributed by atoms with Gasteiger partial charge in [-0.1, -0.05) is 32.8 Å². The van der Waals surface area contributed by atoms with Crippen molar-refractivity contribution in [3.8, 4) is 0 Å². The molecule has 0 aromatic carbocycles. The van der Waals surface area contributed by atoms with Crippen molar-refractivity contribution in [2.75, 3.05) is 0 Å². The molecule has 24 heavy (non-hydrogen) atoms. The highest BCUT2D eigenvalue weighted by Gasteiger charge is 2.55. The second-order valence-corrected chi connectivity index (χ2v) is 8.90. The average molecular weight is 336 g/mol. The van der Waals surface area contributed by atoms with Crippen LogP contribution in [-0.4, -0.2) is 22.2 Å². The molecule has 0 amide bonds. The molecule has 2 saturated carbocycles. The van der Waals surface area contributed by atoms with Gasteiger partial charge in [0.05, 0.1) is 5.92 Å². The lowest BCUT2D eigenvalue weighted by Gasteiger charge is -2.59. The molecule has 0 bridgehead atoms. The van der Waals surface area contributed by atoms with Crippen LogP contribution in [0.25, 0.3) is 0 Å². The van der Waals surface area contributed by atoms with Crippen molar-refractivity contribution in [3.63, 3.8) is 0 Å². The number of carboxylic acid groups (broad SMARTS) is 2. The monoisotopic (exact) mass is 336 g/mol. The molecule has 4 nitrogen and oxygen atoms in total. The molecule has 4 unspecified atom stereocenters. The SMILES string of the molecule is CC(=CC(=O)O)CCC1C(C(=O)O)CCC2C(C)(C)CCCC12C. The summed E-state index contributed by atoms with van der Waals surface area (Å²) in [5, 5.41) is 18.6. The van der Waals surface area contributed by atoms with Gasteiger partial charge in [-0.05, 0) is 68.1 Å². The first kappa shape index (κ1) is 19.0. The summed E-state index contributed by atoms with van der Waals surface area (Å²) in [6.45, 7) is 8.80. The Morgan fingerprint density at radius 2 is 1.79 bits per heavy atom. The van der Waals surface area contributed by atoms with Gasteiger partial charge in [0.15, 0.2) is 0 Å². The Morgan fingerprint density at radius 3 is 2.38 bits per heavy atom. The Kier molecular flexibility index (Phi) is 5.46. The number of hydrogen-bond acceptors (Lipinski definition) is 2. The fourth-order valence-corrected chi connectivity index (χ4v) is 5.83. The summed E-state index contributed by atoms with van der Waals surface area (Å²) in [4.78, 5) is 22.7. The van der Waals surface area contributed by atoms with E-state index in [9.17, 15) is 14.7 Å². The third kappa shape index (κ3) is 3.68. The first-order valence-corrected chi connectivity index (χ1v) is 9.21. The Labute approximate surface area is 145 Å². The zero-order valence-electron chi connectivity index (χ0n) is 15.5. The molecule has 0 saturated heterocycles. The summed E-state index contributed by atoms with van der Waals surface area (Å²) in [6, 6.07) is 0. The minimum absolute atomic E-state index is 0.0482. The molecule has 2 fully saturated rings. The van der Waals surface area contributed by atoms with Crippen molar-refractivity contribution in [2.24, 2.45) is 28.6 Å². The van der Waals surface area contributed by atoms with Crippen molar-refractivity contribution in [1.29, 1.82) is 0 Å². The molecule has 2 N–H and O–H groups in total. The standard InChI is InChI=1S/C20H32O4/c1-13(12-17(21)22)6-8-15-14(18(23)24)7-9-16-19(2,3)10-5-11-20(15,16)4/h12,14-16H,5-11H2,1-4H3,(H,21,22)(H,23,24). The minimum Gasteiger partial charge on any atom is -0.481 e. The van der Waals surface area contributed by atoms with E-state index in [0.717, 1.165) is 37.7 Å². The lowest BCUT2D eigenvalue weighted by Crippen LogP contribution is -2.52. The van der Waals surface area contributed by atoms with Crippen molar-refractivity contribution >= 4 is 11.9 Å². The second-order valence-electron chi connectivity index (χ2n) is 8.90. The third-order valence-electron chi connectivity index (χ3n) is 6.91. The molecule has 0 spiro atoms. The van der Waals surface area contributed by atoms with Gasteiger partial charge in [-0.3, -0.25) is 4.79 Å². The second kappa shape index (κ2) is 6.89. The van der Waals surface area contributed by atoms with Crippen LogP contribution in [0.15, 0.2) is 11.6 Å². The summed E-state index contributed by atoms with van der Waals surface area (Å²) in [7, 11) is 0. The van der Waals surface area contributed by atoms with Crippen LogP contribution in [0.5, 0.6) is 0 Å². The van der Waals surface area contributed by atoms with Gasteiger partial charge < -0.3 is 10.2 Å². The lowest BCUT2D eigenvalue weighted by molar-refractivity contribution is -0.158. The van der Waals surface area contributed by atoms with Crippen LogP contribution in [0.2, 0.25) is 0 Å². The Bertz CT molecular complexity index is 534. The molecular formula is C20H32O4. The third-order valence-corrected chi connectivity index (χ3v) is 6.91. The number of carbonyl (C=O) groups is 2. The van der Waals surface area contributed by atoms with E-state index < -0.39 is 11.9 Å². The van der Waals surface area contributed by atoms with Gasteiger partial charge in [0.2, 0.25) is 0 Å². The zero-order chi connectivity index (χ0) is 18.1. The molecule has 0 heterocycles. The Hall–Kier alpha value is -1.32. The van der Waals surface area contributed by atoms with Crippen LogP contribution in [0, 0.1) is 28.6 Å². The van der Waals surface area contributed by atoms with E-state index in [1.54, 1.807) is 0 Å². The van der Waals surface area contributed by atoms with Gasteiger partial charge in [-0.15, -0.1) is 0 Å². The topological polar surface area (TPSA) is 74.6 Å². The van der Waals surface area contributed by atoms with Crippen molar-refractivity contribution in [1.82, 2.24) is 0 Å². The Balaban J connectivity index is 2.27. The van der Waals surface area contributed by atoms with Crippen molar-refractivity contribution in [2.45, 2.75) is 72.6 Å². The molecule has 0 aliphatic heterocycles. The molecule has 2 aliphatic rings. The van der Waals surface area contributed by atoms with Gasteiger partial charge in [0.25, 0.3) is 0 Å². The number of hydrogen-bond donors (Lipinski definition) is 2. The van der Waals surface area contributed by atoms with E-state index in [0.29, 0.717) is 12.3 Å². The predicted octanol–water partition coefficient (Wildman–Crippen LogP) is 4.74. The molecule has 0 aromatic heterocycles. The smallest absolute Gasteiger partial charge is 0.328 e. The molecule has 0 aromatic rings. The number of rotatable bonds is 5. The highest BCUT2D eigenvalue weighted by Crippen LogP contribution is 2.62. The van der Waals surface area contributed by atoms with Gasteiger partial charge in [-0.25, -0.2) is 4.79 Å². The maximum absolute atomic E-state index is 11.9. The van der Waals surface area contributed by atoms with Crippen LogP contribution in [0.4, 0.5) is 0 Å². The van der Waals surface area contributed by atoms with E-state index in [-0.39, 0.29) is 22.7 Å². The predicted molar refractivity (Wildman–Crippen MR) is 93.7 cm³/mol. The normalized spacial score (nSPS) is 36.0. The van der Waals surface area contributed by atoms with Crippen LogP contribution in [0.3, 0.4) is 0 Å². The van der Waals surface area contributed by atoms with Crippen LogP contribution in [-0.2, 0) is 9.59 Å². The highest BCUT2D eigenvalue weighted by molar-refractivity contribution is 5.80.